The molecule has 0 spiro atoms. The fraction of sp³-hybridized carbons (Fsp3) is 0.333. The topological polar surface area (TPSA) is 120 Å². The Balaban J connectivity index is 1.75. The van der Waals surface area contributed by atoms with Crippen molar-refractivity contribution in [1.29, 1.82) is 0 Å². The molecule has 2 N–H and O–H groups in total. The first-order valence-corrected chi connectivity index (χ1v) is 12.6. The van der Waals surface area contributed by atoms with Gasteiger partial charge in [0, 0.05) is 19.7 Å². The lowest BCUT2D eigenvalue weighted by atomic mass is 10.2. The van der Waals surface area contributed by atoms with Crippen molar-refractivity contribution in [3.05, 3.63) is 58.6 Å². The molecule has 2 aromatic carbocycles. The van der Waals surface area contributed by atoms with Gasteiger partial charge in [0.2, 0.25) is 15.9 Å². The monoisotopic (exact) mass is 479 g/mol. The number of methoxy groups -OCH3 is 1. The predicted molar refractivity (Wildman–Crippen MR) is 123 cm³/mol. The number of benzene rings is 2. The first kappa shape index (κ1) is 23.9. The molecule has 9 nitrogen and oxygen atoms in total. The number of hydrogen-bond donors (Lipinski definition) is 2. The van der Waals surface area contributed by atoms with E-state index in [1.807, 2.05) is 18.4 Å². The van der Waals surface area contributed by atoms with E-state index in [1.54, 1.807) is 19.2 Å². The molecule has 0 aliphatic heterocycles. The van der Waals surface area contributed by atoms with Crippen molar-refractivity contribution in [3.63, 3.8) is 0 Å². The number of nitrogens with one attached hydrogen (secondary N) is 2. The van der Waals surface area contributed by atoms with E-state index in [-0.39, 0.29) is 17.0 Å². The molecule has 0 bridgehead atoms. The molecule has 0 unspecified atom stereocenters. The number of aryl methyl sites for hydroxylation is 1. The molecule has 0 fully saturated rings. The normalized spacial score (nSPS) is 12.6. The minimum atomic E-state index is -4.03. The average molecular weight is 480 g/mol. The zero-order valence-electron chi connectivity index (χ0n) is 18.0. The van der Waals surface area contributed by atoms with Crippen LogP contribution < -0.4 is 20.5 Å². The highest BCUT2D eigenvalue weighted by Crippen LogP contribution is 2.19. The fourth-order valence-corrected chi connectivity index (χ4v) is 4.79. The highest BCUT2D eigenvalue weighted by molar-refractivity contribution is 7.98. The van der Waals surface area contributed by atoms with Gasteiger partial charge in [0.05, 0.1) is 17.5 Å². The minimum absolute atomic E-state index is 0.0866. The van der Waals surface area contributed by atoms with Crippen LogP contribution in [0.5, 0.6) is 5.75 Å². The number of rotatable bonds is 10. The number of nitrogens with zero attached hydrogens (tertiary/aromatic N) is 1. The van der Waals surface area contributed by atoms with E-state index in [4.69, 9.17) is 9.15 Å². The second kappa shape index (κ2) is 10.2. The Kier molecular flexibility index (Phi) is 7.64. The molecule has 0 saturated carbocycles. The van der Waals surface area contributed by atoms with Crippen molar-refractivity contribution >= 4 is 38.8 Å². The van der Waals surface area contributed by atoms with Gasteiger partial charge in [-0.2, -0.15) is 16.5 Å². The number of oxazole rings is 1. The summed E-state index contributed by atoms with van der Waals surface area (Å²) in [4.78, 5) is 24.4. The molecular weight excluding hydrogens is 454 g/mol. The van der Waals surface area contributed by atoms with Crippen LogP contribution in [-0.2, 0) is 28.4 Å². The molecule has 0 saturated heterocycles. The van der Waals surface area contributed by atoms with Gasteiger partial charge in [-0.25, -0.2) is 13.2 Å². The van der Waals surface area contributed by atoms with E-state index in [2.05, 4.69) is 10.0 Å². The second-order valence-corrected chi connectivity index (χ2v) is 9.78. The second-order valence-electron chi connectivity index (χ2n) is 7.08. The number of carbonyl (C=O) groups is 1. The molecule has 1 amide bonds. The quantitative estimate of drug-likeness (QED) is 0.455. The summed E-state index contributed by atoms with van der Waals surface area (Å²) < 4.78 is 39.9. The highest BCUT2D eigenvalue weighted by Gasteiger charge is 2.26. The van der Waals surface area contributed by atoms with Gasteiger partial charge in [-0.15, -0.1) is 0 Å². The maximum atomic E-state index is 13.0. The molecule has 1 atom stereocenters. The minimum Gasteiger partial charge on any atom is -0.497 e. The predicted octanol–water partition coefficient (Wildman–Crippen LogP) is 1.86. The van der Waals surface area contributed by atoms with Crippen molar-refractivity contribution in [2.45, 2.75) is 23.9 Å². The Bertz CT molecular complexity index is 1250. The summed E-state index contributed by atoms with van der Waals surface area (Å²) in [7, 11) is -0.924. The zero-order valence-corrected chi connectivity index (χ0v) is 19.6. The maximum Gasteiger partial charge on any atom is 0.419 e. The molecular formula is C21H25N3O6S2. The molecule has 0 radical (unpaired) electrons. The maximum absolute atomic E-state index is 13.0. The summed E-state index contributed by atoms with van der Waals surface area (Å²) in [6, 6.07) is 10.4. The Morgan fingerprint density at radius 3 is 2.59 bits per heavy atom. The number of ether oxygens (including phenoxy) is 1. The van der Waals surface area contributed by atoms with Crippen molar-refractivity contribution in [2.75, 3.05) is 19.1 Å². The van der Waals surface area contributed by atoms with Gasteiger partial charge >= 0.3 is 5.76 Å². The standard InChI is InChI=1S/C21H25N3O6S2/c1-24-18-9-8-16(12-19(18)30-21(24)26)32(27,28)23-17(10-11-31-3)20(25)22-13-14-4-6-15(29-2)7-5-14/h4-9,12,17,23H,10-11,13H2,1-3H3,(H,22,25)/t17-/m0/s1. The van der Waals surface area contributed by atoms with Crippen molar-refractivity contribution in [1.82, 2.24) is 14.6 Å². The Morgan fingerprint density at radius 2 is 1.94 bits per heavy atom. The molecule has 0 aliphatic rings. The van der Waals surface area contributed by atoms with E-state index in [0.29, 0.717) is 23.4 Å². The Labute approximate surface area is 190 Å². The van der Waals surface area contributed by atoms with Crippen LogP contribution in [0, 0.1) is 0 Å². The van der Waals surface area contributed by atoms with Crippen molar-refractivity contribution < 1.29 is 22.4 Å². The number of fused-ring (bicyclic) bond motifs is 1. The SMILES string of the molecule is COc1ccc(CNC(=O)[C@H](CCSC)NS(=O)(=O)c2ccc3c(c2)oc(=O)n3C)cc1. The van der Waals surface area contributed by atoms with Gasteiger partial charge < -0.3 is 14.5 Å². The van der Waals surface area contributed by atoms with Crippen molar-refractivity contribution in [2.24, 2.45) is 7.05 Å². The molecule has 172 valence electrons. The van der Waals surface area contributed by atoms with Gasteiger partial charge in [-0.1, -0.05) is 12.1 Å². The molecule has 11 heteroatoms. The first-order valence-electron chi connectivity index (χ1n) is 9.76. The summed E-state index contributed by atoms with van der Waals surface area (Å²) in [6.45, 7) is 0.251. The molecule has 1 aromatic heterocycles. The third-order valence-electron chi connectivity index (χ3n) is 4.92. The number of sulfonamides is 1. The van der Waals surface area contributed by atoms with Crippen LogP contribution in [0.2, 0.25) is 0 Å². The van der Waals surface area contributed by atoms with Gasteiger partial charge in [0.1, 0.15) is 11.8 Å². The third-order valence-corrected chi connectivity index (χ3v) is 7.04. The molecule has 32 heavy (non-hydrogen) atoms. The number of carbonyl (C=O) groups excluding carboxylic acids is 1. The van der Waals surface area contributed by atoms with E-state index in [1.165, 1.54) is 41.6 Å². The van der Waals surface area contributed by atoms with E-state index >= 15 is 0 Å². The van der Waals surface area contributed by atoms with Gasteiger partial charge in [-0.05, 0) is 48.3 Å². The smallest absolute Gasteiger partial charge is 0.419 e. The molecule has 0 aliphatic carbocycles. The van der Waals surface area contributed by atoms with Gasteiger partial charge in [0.15, 0.2) is 5.58 Å². The number of thioether (sulfide) groups is 1. The summed E-state index contributed by atoms with van der Waals surface area (Å²) in [5.41, 5.74) is 1.49. The largest absolute Gasteiger partial charge is 0.497 e. The fourth-order valence-electron chi connectivity index (χ4n) is 3.07. The molecule has 3 rings (SSSR count). The number of aromatic nitrogens is 1. The summed E-state index contributed by atoms with van der Waals surface area (Å²) in [6.07, 6.45) is 2.20. The molecule has 1 heterocycles. The summed E-state index contributed by atoms with van der Waals surface area (Å²) >= 11 is 1.51. The van der Waals surface area contributed by atoms with Crippen molar-refractivity contribution in [3.8, 4) is 5.75 Å². The summed E-state index contributed by atoms with van der Waals surface area (Å²) in [5.74, 6) is 0.288. The van der Waals surface area contributed by atoms with Gasteiger partial charge in [-0.3, -0.25) is 9.36 Å². The van der Waals surface area contributed by atoms with Crippen LogP contribution in [0.15, 0.2) is 56.6 Å². The lowest BCUT2D eigenvalue weighted by Gasteiger charge is -2.18. The van der Waals surface area contributed by atoms with E-state index in [0.717, 1.165) is 5.56 Å². The van der Waals surface area contributed by atoms with E-state index < -0.39 is 27.7 Å². The van der Waals surface area contributed by atoms with Crippen LogP contribution in [0.25, 0.3) is 11.1 Å². The number of amides is 1. The Hall–Kier alpha value is -2.76. The zero-order chi connectivity index (χ0) is 23.3. The van der Waals surface area contributed by atoms with Crippen LogP contribution >= 0.6 is 11.8 Å². The average Bonchev–Trinajstić information content (AvgIpc) is 3.08. The molecule has 3 aromatic rings. The van der Waals surface area contributed by atoms with Crippen LogP contribution in [0.1, 0.15) is 12.0 Å². The number of hydrogen-bond acceptors (Lipinski definition) is 7. The Morgan fingerprint density at radius 1 is 1.22 bits per heavy atom. The van der Waals surface area contributed by atoms with Crippen LogP contribution in [0.3, 0.4) is 0 Å². The third kappa shape index (κ3) is 5.53. The van der Waals surface area contributed by atoms with Gasteiger partial charge in [0.25, 0.3) is 0 Å². The first-order chi connectivity index (χ1) is 15.2. The van der Waals surface area contributed by atoms with Crippen LogP contribution in [-0.4, -0.2) is 44.1 Å². The van der Waals surface area contributed by atoms with E-state index in [9.17, 15) is 18.0 Å². The van der Waals surface area contributed by atoms with Crippen LogP contribution in [0.4, 0.5) is 0 Å². The lowest BCUT2D eigenvalue weighted by molar-refractivity contribution is -0.122. The lowest BCUT2D eigenvalue weighted by Crippen LogP contribution is -2.46. The highest BCUT2D eigenvalue weighted by atomic mass is 32.2. The summed E-state index contributed by atoms with van der Waals surface area (Å²) in [5, 5.41) is 2.78.